The molecule has 0 unspecified atom stereocenters. The van der Waals surface area contributed by atoms with Gasteiger partial charge in [0.2, 0.25) is 5.91 Å². The minimum absolute atomic E-state index is 0.0164. The van der Waals surface area contributed by atoms with Gasteiger partial charge < -0.3 is 5.32 Å². The zero-order chi connectivity index (χ0) is 16.3. The van der Waals surface area contributed by atoms with Gasteiger partial charge in [-0.25, -0.2) is 12.8 Å². The first-order valence-electron chi connectivity index (χ1n) is 6.44. The van der Waals surface area contributed by atoms with E-state index in [9.17, 15) is 17.6 Å². The minimum Gasteiger partial charge on any atom is -0.326 e. The van der Waals surface area contributed by atoms with Crippen LogP contribution in [0, 0.1) is 12.7 Å². The molecule has 0 aliphatic heterocycles. The standard InChI is InChI=1S/C15H15FN2O3S/c1-10-9-14(7-8-15(10)16)22(20,21)18-13-5-3-12(4-6-13)17-11(2)19/h3-9,18H,1-2H3,(H,17,19). The molecule has 0 radical (unpaired) electrons. The van der Waals surface area contributed by atoms with Gasteiger partial charge in [0.1, 0.15) is 5.82 Å². The first-order valence-corrected chi connectivity index (χ1v) is 7.93. The second kappa shape index (κ2) is 6.15. The highest BCUT2D eigenvalue weighted by Gasteiger charge is 2.15. The molecule has 7 heteroatoms. The molecule has 2 aromatic carbocycles. The number of carbonyl (C=O) groups is 1. The minimum atomic E-state index is -3.79. The summed E-state index contributed by atoms with van der Waals surface area (Å²) in [4.78, 5) is 10.9. The van der Waals surface area contributed by atoms with Crippen molar-refractivity contribution in [2.24, 2.45) is 0 Å². The van der Waals surface area contributed by atoms with Gasteiger partial charge in [-0.3, -0.25) is 9.52 Å². The molecule has 22 heavy (non-hydrogen) atoms. The van der Waals surface area contributed by atoms with E-state index < -0.39 is 15.8 Å². The van der Waals surface area contributed by atoms with Crippen molar-refractivity contribution >= 4 is 27.3 Å². The molecule has 0 aliphatic carbocycles. The molecule has 0 saturated carbocycles. The average molecular weight is 322 g/mol. The highest BCUT2D eigenvalue weighted by molar-refractivity contribution is 7.92. The molecule has 0 spiro atoms. The van der Waals surface area contributed by atoms with E-state index in [1.165, 1.54) is 38.1 Å². The lowest BCUT2D eigenvalue weighted by Crippen LogP contribution is -2.13. The maximum absolute atomic E-state index is 13.2. The number of benzene rings is 2. The summed E-state index contributed by atoms with van der Waals surface area (Å²) in [5.74, 6) is -0.672. The molecule has 0 bridgehead atoms. The third kappa shape index (κ3) is 3.82. The second-order valence-electron chi connectivity index (χ2n) is 4.78. The van der Waals surface area contributed by atoms with E-state index in [1.807, 2.05) is 0 Å². The summed E-state index contributed by atoms with van der Waals surface area (Å²) in [7, 11) is -3.79. The summed E-state index contributed by atoms with van der Waals surface area (Å²) in [6, 6.07) is 9.80. The van der Waals surface area contributed by atoms with E-state index in [-0.39, 0.29) is 16.4 Å². The predicted octanol–water partition coefficient (Wildman–Crippen LogP) is 2.89. The molecule has 2 N–H and O–H groups in total. The number of amides is 1. The molecule has 1 amide bonds. The number of nitrogens with one attached hydrogen (secondary N) is 2. The average Bonchev–Trinajstić information content (AvgIpc) is 2.43. The van der Waals surface area contributed by atoms with Gasteiger partial charge in [0.15, 0.2) is 0 Å². The van der Waals surface area contributed by atoms with Gasteiger partial charge in [-0.15, -0.1) is 0 Å². The summed E-state index contributed by atoms with van der Waals surface area (Å²) in [5.41, 5.74) is 1.16. The van der Waals surface area contributed by atoms with Gasteiger partial charge in [-0.2, -0.15) is 0 Å². The van der Waals surface area contributed by atoms with Crippen molar-refractivity contribution in [3.8, 4) is 0 Å². The Bertz CT molecular complexity index is 802. The van der Waals surface area contributed by atoms with Gasteiger partial charge in [-0.1, -0.05) is 0 Å². The molecule has 0 atom stereocenters. The Hall–Kier alpha value is -2.41. The lowest BCUT2D eigenvalue weighted by Gasteiger charge is -2.10. The fourth-order valence-electron chi connectivity index (χ4n) is 1.82. The molecule has 0 aromatic heterocycles. The molecular weight excluding hydrogens is 307 g/mol. The topological polar surface area (TPSA) is 75.3 Å². The van der Waals surface area contributed by atoms with E-state index in [1.54, 1.807) is 12.1 Å². The van der Waals surface area contributed by atoms with E-state index in [0.29, 0.717) is 11.4 Å². The molecule has 0 fully saturated rings. The van der Waals surface area contributed by atoms with Crippen LogP contribution in [0.4, 0.5) is 15.8 Å². The zero-order valence-electron chi connectivity index (χ0n) is 12.1. The van der Waals surface area contributed by atoms with Crippen molar-refractivity contribution in [1.29, 1.82) is 0 Å². The number of anilines is 2. The maximum Gasteiger partial charge on any atom is 0.261 e. The SMILES string of the molecule is CC(=O)Nc1ccc(NS(=O)(=O)c2ccc(F)c(C)c2)cc1. The van der Waals surface area contributed by atoms with Crippen LogP contribution in [0.1, 0.15) is 12.5 Å². The Labute approximate surface area is 128 Å². The van der Waals surface area contributed by atoms with Crippen molar-refractivity contribution in [3.63, 3.8) is 0 Å². The Morgan fingerprint density at radius 1 is 1.05 bits per heavy atom. The molecule has 0 aliphatic rings. The van der Waals surface area contributed by atoms with Crippen LogP contribution in [-0.2, 0) is 14.8 Å². The second-order valence-corrected chi connectivity index (χ2v) is 6.46. The lowest BCUT2D eigenvalue weighted by molar-refractivity contribution is -0.114. The van der Waals surface area contributed by atoms with E-state index in [4.69, 9.17) is 0 Å². The van der Waals surface area contributed by atoms with Gasteiger partial charge in [0.25, 0.3) is 10.0 Å². The summed E-state index contributed by atoms with van der Waals surface area (Å²) in [6.07, 6.45) is 0. The normalized spacial score (nSPS) is 11.0. The number of aryl methyl sites for hydroxylation is 1. The van der Waals surface area contributed by atoms with Crippen LogP contribution in [0.5, 0.6) is 0 Å². The quantitative estimate of drug-likeness (QED) is 0.909. The monoisotopic (exact) mass is 322 g/mol. The highest BCUT2D eigenvalue weighted by atomic mass is 32.2. The summed E-state index contributed by atoms with van der Waals surface area (Å²) < 4.78 is 40.1. The molecule has 116 valence electrons. The lowest BCUT2D eigenvalue weighted by atomic mass is 10.2. The van der Waals surface area contributed by atoms with E-state index >= 15 is 0 Å². The van der Waals surface area contributed by atoms with Gasteiger partial charge in [-0.05, 0) is 55.0 Å². The van der Waals surface area contributed by atoms with Crippen LogP contribution in [0.15, 0.2) is 47.4 Å². The number of sulfonamides is 1. The molecule has 2 aromatic rings. The van der Waals surface area contributed by atoms with Crippen LogP contribution in [0.2, 0.25) is 0 Å². The summed E-state index contributed by atoms with van der Waals surface area (Å²) in [6.45, 7) is 2.88. The van der Waals surface area contributed by atoms with Gasteiger partial charge >= 0.3 is 0 Å². The van der Waals surface area contributed by atoms with Crippen LogP contribution in [0.3, 0.4) is 0 Å². The number of hydrogen-bond acceptors (Lipinski definition) is 3. The number of halogens is 1. The van der Waals surface area contributed by atoms with Crippen LogP contribution in [0.25, 0.3) is 0 Å². The number of carbonyl (C=O) groups excluding carboxylic acids is 1. The Morgan fingerprint density at radius 2 is 1.64 bits per heavy atom. The predicted molar refractivity (Wildman–Crippen MR) is 82.7 cm³/mol. The first-order chi connectivity index (χ1) is 10.3. The van der Waals surface area contributed by atoms with Gasteiger partial charge in [0, 0.05) is 18.3 Å². The number of rotatable bonds is 4. The third-order valence-electron chi connectivity index (χ3n) is 2.90. The zero-order valence-corrected chi connectivity index (χ0v) is 12.9. The van der Waals surface area contributed by atoms with Crippen molar-refractivity contribution in [2.45, 2.75) is 18.7 Å². The van der Waals surface area contributed by atoms with Crippen molar-refractivity contribution < 1.29 is 17.6 Å². The molecule has 0 heterocycles. The van der Waals surface area contributed by atoms with E-state index in [0.717, 1.165) is 6.07 Å². The Morgan fingerprint density at radius 3 is 2.18 bits per heavy atom. The smallest absolute Gasteiger partial charge is 0.261 e. The number of hydrogen-bond donors (Lipinski definition) is 2. The molecule has 0 saturated heterocycles. The fraction of sp³-hybridized carbons (Fsp3) is 0.133. The molecule has 5 nitrogen and oxygen atoms in total. The van der Waals surface area contributed by atoms with Crippen LogP contribution < -0.4 is 10.0 Å². The van der Waals surface area contributed by atoms with Crippen molar-refractivity contribution in [3.05, 3.63) is 53.8 Å². The first kappa shape index (κ1) is 16.0. The van der Waals surface area contributed by atoms with Crippen molar-refractivity contribution in [1.82, 2.24) is 0 Å². The van der Waals surface area contributed by atoms with E-state index in [2.05, 4.69) is 10.0 Å². The third-order valence-corrected chi connectivity index (χ3v) is 4.28. The molecule has 2 rings (SSSR count). The van der Waals surface area contributed by atoms with Gasteiger partial charge in [0.05, 0.1) is 4.90 Å². The summed E-state index contributed by atoms with van der Waals surface area (Å²) >= 11 is 0. The van der Waals surface area contributed by atoms with Crippen LogP contribution >= 0.6 is 0 Å². The van der Waals surface area contributed by atoms with Crippen molar-refractivity contribution in [2.75, 3.05) is 10.0 Å². The largest absolute Gasteiger partial charge is 0.326 e. The Kier molecular flexibility index (Phi) is 4.46. The summed E-state index contributed by atoms with van der Waals surface area (Å²) in [5, 5.41) is 2.58. The Balaban J connectivity index is 2.21. The molecular formula is C15H15FN2O3S. The maximum atomic E-state index is 13.2. The van der Waals surface area contributed by atoms with Crippen LogP contribution in [-0.4, -0.2) is 14.3 Å². The highest BCUT2D eigenvalue weighted by Crippen LogP contribution is 2.20. The fourth-order valence-corrected chi connectivity index (χ4v) is 2.97.